The van der Waals surface area contributed by atoms with E-state index in [9.17, 15) is 4.79 Å². The first-order chi connectivity index (χ1) is 15.0. The molecule has 3 aromatic rings. The highest BCUT2D eigenvalue weighted by Gasteiger charge is 2.43. The lowest BCUT2D eigenvalue weighted by Crippen LogP contribution is -2.68. The number of carbonyl (C=O) groups is 1. The number of Topliss-reactive ketones (excluding diaryl/α,β-unsaturated/α-hetero) is 1. The van der Waals surface area contributed by atoms with Gasteiger partial charge in [-0.1, -0.05) is 35.9 Å². The van der Waals surface area contributed by atoms with Gasteiger partial charge in [-0.05, 0) is 42.0 Å². The maximum Gasteiger partial charge on any atom is 0.259 e. The molecule has 0 aliphatic carbocycles. The van der Waals surface area contributed by atoms with Crippen molar-refractivity contribution in [1.29, 1.82) is 0 Å². The van der Waals surface area contributed by atoms with Crippen molar-refractivity contribution in [3.05, 3.63) is 100 Å². The number of benzene rings is 2. The Labute approximate surface area is 192 Å². The zero-order valence-electron chi connectivity index (χ0n) is 17.3. The van der Waals surface area contributed by atoms with Crippen molar-refractivity contribution in [1.82, 2.24) is 0 Å². The minimum Gasteiger partial charge on any atom is -0.378 e. The van der Waals surface area contributed by atoms with Gasteiger partial charge in [0.05, 0.1) is 5.57 Å². The van der Waals surface area contributed by atoms with Crippen molar-refractivity contribution in [3.8, 4) is 0 Å². The number of aromatic nitrogens is 1. The van der Waals surface area contributed by atoms with E-state index in [-0.39, 0.29) is 11.8 Å². The minimum atomic E-state index is -4.94. The van der Waals surface area contributed by atoms with E-state index in [2.05, 4.69) is 17.0 Å². The quantitative estimate of drug-likeness (QED) is 0.383. The van der Waals surface area contributed by atoms with Gasteiger partial charge in [-0.3, -0.25) is 4.79 Å². The Balaban J connectivity index is 0.000000523. The third kappa shape index (κ3) is 5.92. The van der Waals surface area contributed by atoms with Gasteiger partial charge in [-0.2, -0.15) is 4.57 Å². The molecule has 0 amide bonds. The Hall–Kier alpha value is -2.78. The van der Waals surface area contributed by atoms with Crippen LogP contribution in [0.2, 0.25) is 5.02 Å². The van der Waals surface area contributed by atoms with E-state index in [0.29, 0.717) is 10.7 Å². The van der Waals surface area contributed by atoms with E-state index in [1.54, 1.807) is 0 Å². The molecule has 1 aliphatic rings. The fourth-order valence-electron chi connectivity index (χ4n) is 3.47. The van der Waals surface area contributed by atoms with Crippen molar-refractivity contribution >= 4 is 29.1 Å². The van der Waals surface area contributed by atoms with Crippen LogP contribution in [0.15, 0.2) is 78.5 Å². The topological polar surface area (TPSA) is 116 Å². The van der Waals surface area contributed by atoms with Crippen molar-refractivity contribution in [2.24, 2.45) is 0 Å². The predicted molar refractivity (Wildman–Crippen MR) is 109 cm³/mol. The maximum absolute atomic E-state index is 13.1. The number of hydrogen-bond acceptors (Lipinski definition) is 6. The Morgan fingerprint density at radius 2 is 1.53 bits per heavy atom. The Bertz CT molecular complexity index is 1120. The fraction of sp³-hybridized carbons (Fsp3) is 0.130. The number of anilines is 1. The van der Waals surface area contributed by atoms with Crippen molar-refractivity contribution in [2.75, 3.05) is 19.0 Å². The molecule has 1 unspecified atom stereocenters. The summed E-state index contributed by atoms with van der Waals surface area (Å²) in [4.78, 5) is 15.2. The van der Waals surface area contributed by atoms with E-state index in [4.69, 9.17) is 30.2 Å². The average Bonchev–Trinajstić information content (AvgIpc) is 3.00. The van der Waals surface area contributed by atoms with Crippen LogP contribution in [-0.2, 0) is 0 Å². The van der Waals surface area contributed by atoms with E-state index in [1.807, 2.05) is 85.5 Å². The molecule has 9 heteroatoms. The van der Waals surface area contributed by atoms with Gasteiger partial charge in [0.1, 0.15) is 0 Å². The van der Waals surface area contributed by atoms with Gasteiger partial charge in [0.15, 0.2) is 6.20 Å². The second-order valence-corrected chi connectivity index (χ2v) is 8.43. The minimum absolute atomic E-state index is 0.0623. The number of carbonyl (C=O) groups excluding carboxylic acids is 1. The zero-order chi connectivity index (χ0) is 23.5. The molecule has 0 fully saturated rings. The number of allylic oxidation sites excluding steroid dienone is 1. The fourth-order valence-corrected chi connectivity index (χ4v) is 3.60. The smallest absolute Gasteiger partial charge is 0.259 e. The lowest BCUT2D eigenvalue weighted by Gasteiger charge is -2.17. The van der Waals surface area contributed by atoms with Crippen LogP contribution >= 0.6 is 11.6 Å². The molecular weight excluding hydrogens is 455 g/mol. The second-order valence-electron chi connectivity index (χ2n) is 7.24. The standard InChI is InChI=1S/C23H20ClN2O.ClHO4/c1-25(2)19-12-6-16(7-13-19)15-20-22(17-8-10-18(24)11-9-17)26-14-4-3-5-21(26)23(20)27;2-1(3,4)5/h3-15,22H,1-2H3;(H,2,3,4,5)/q+1;/p-1/b20-15-;. The van der Waals surface area contributed by atoms with Crippen molar-refractivity contribution in [2.45, 2.75) is 6.04 Å². The molecule has 0 saturated heterocycles. The van der Waals surface area contributed by atoms with Crippen LogP contribution in [0.25, 0.3) is 6.08 Å². The second kappa shape index (κ2) is 9.79. The molecule has 0 N–H and O–H groups in total. The Morgan fingerprint density at radius 1 is 0.938 bits per heavy atom. The van der Waals surface area contributed by atoms with Gasteiger partial charge in [0.25, 0.3) is 11.5 Å². The first-order valence-electron chi connectivity index (χ1n) is 9.45. The van der Waals surface area contributed by atoms with E-state index >= 15 is 0 Å². The third-order valence-electron chi connectivity index (χ3n) is 4.88. The van der Waals surface area contributed by atoms with Crippen LogP contribution < -0.4 is 28.1 Å². The SMILES string of the molecule is CN(C)c1ccc(/C=C2\C(=O)c3cccc[n+]3C2c2ccc(Cl)cc2)cc1.[O-][Cl+3]([O-])([O-])[O-]. The van der Waals surface area contributed by atoms with E-state index < -0.39 is 10.2 Å². The highest BCUT2D eigenvalue weighted by atomic mass is 35.7. The number of nitrogens with zero attached hydrogens (tertiary/aromatic N) is 2. The summed E-state index contributed by atoms with van der Waals surface area (Å²) < 4.78 is 36.0. The molecule has 166 valence electrons. The lowest BCUT2D eigenvalue weighted by atomic mass is 9.96. The van der Waals surface area contributed by atoms with Crippen molar-refractivity contribution in [3.63, 3.8) is 0 Å². The predicted octanol–water partition coefficient (Wildman–Crippen LogP) is -0.193. The van der Waals surface area contributed by atoms with E-state index in [0.717, 1.165) is 22.4 Å². The molecule has 7 nitrogen and oxygen atoms in total. The number of ketones is 1. The third-order valence-corrected chi connectivity index (χ3v) is 5.13. The van der Waals surface area contributed by atoms with E-state index in [1.165, 1.54) is 0 Å². The molecule has 32 heavy (non-hydrogen) atoms. The first kappa shape index (κ1) is 23.9. The lowest BCUT2D eigenvalue weighted by molar-refractivity contribution is -2.00. The van der Waals surface area contributed by atoms with Crippen molar-refractivity contribution < 1.29 is 38.2 Å². The zero-order valence-corrected chi connectivity index (χ0v) is 18.8. The van der Waals surface area contributed by atoms with Crippen LogP contribution in [0.1, 0.15) is 27.7 Å². The summed E-state index contributed by atoms with van der Waals surface area (Å²) in [5.74, 6) is 0.0623. The molecule has 2 aromatic carbocycles. The maximum atomic E-state index is 13.1. The highest BCUT2D eigenvalue weighted by Crippen LogP contribution is 2.32. The average molecular weight is 475 g/mol. The summed E-state index contributed by atoms with van der Waals surface area (Å²) in [5.41, 5.74) is 4.65. The monoisotopic (exact) mass is 474 g/mol. The van der Waals surface area contributed by atoms with Crippen LogP contribution in [0.5, 0.6) is 0 Å². The van der Waals surface area contributed by atoms with Gasteiger partial charge in [-0.15, -0.1) is 10.2 Å². The number of fused-ring (bicyclic) bond motifs is 1. The summed E-state index contributed by atoms with van der Waals surface area (Å²) >= 11 is 6.06. The van der Waals surface area contributed by atoms with Gasteiger partial charge >= 0.3 is 0 Å². The van der Waals surface area contributed by atoms with Crippen LogP contribution in [0.4, 0.5) is 5.69 Å². The normalized spacial score (nSPS) is 16.4. The summed E-state index contributed by atoms with van der Waals surface area (Å²) in [6.45, 7) is 0. The molecule has 1 aliphatic heterocycles. The van der Waals surface area contributed by atoms with Gasteiger partial charge in [-0.25, -0.2) is 18.6 Å². The first-order valence-corrected chi connectivity index (χ1v) is 11.1. The van der Waals surface area contributed by atoms with Gasteiger partial charge in [0, 0.05) is 42.5 Å². The van der Waals surface area contributed by atoms with Crippen LogP contribution in [-0.4, -0.2) is 19.9 Å². The summed E-state index contributed by atoms with van der Waals surface area (Å²) in [5, 5.41) is 0.686. The highest BCUT2D eigenvalue weighted by molar-refractivity contribution is 6.30. The Kier molecular flexibility index (Phi) is 7.30. The molecular formula is C23H20Cl2N2O5. The molecule has 1 aromatic heterocycles. The number of rotatable bonds is 3. The largest absolute Gasteiger partial charge is 0.378 e. The summed E-state index contributed by atoms with van der Waals surface area (Å²) in [6, 6.07) is 21.5. The summed E-state index contributed by atoms with van der Waals surface area (Å²) in [6.07, 6.45) is 3.95. The van der Waals surface area contributed by atoms with Gasteiger partial charge < -0.3 is 4.90 Å². The molecule has 4 rings (SSSR count). The van der Waals surface area contributed by atoms with Crippen LogP contribution in [0.3, 0.4) is 0 Å². The number of hydrogen-bond donors (Lipinski definition) is 0. The molecule has 0 spiro atoms. The summed E-state index contributed by atoms with van der Waals surface area (Å²) in [7, 11) is -0.921. The molecule has 1 atom stereocenters. The Morgan fingerprint density at radius 3 is 2.09 bits per heavy atom. The molecule has 0 saturated carbocycles. The number of halogens is 2. The van der Waals surface area contributed by atoms with Crippen LogP contribution in [0, 0.1) is 10.2 Å². The molecule has 2 heterocycles. The molecule has 0 radical (unpaired) electrons. The number of pyridine rings is 1. The van der Waals surface area contributed by atoms with Gasteiger partial charge in [0.2, 0.25) is 6.04 Å². The molecule has 0 bridgehead atoms.